The lowest BCUT2D eigenvalue weighted by molar-refractivity contribution is 0.978. The van der Waals surface area contributed by atoms with Crippen LogP contribution in [0.15, 0.2) is 53.7 Å². The fourth-order valence-corrected chi connectivity index (χ4v) is 2.53. The van der Waals surface area contributed by atoms with E-state index in [2.05, 4.69) is 5.18 Å². The minimum Gasteiger partial charge on any atom is -0.342 e. The van der Waals surface area contributed by atoms with Crippen molar-refractivity contribution >= 4 is 28.2 Å². The van der Waals surface area contributed by atoms with Gasteiger partial charge in [-0.05, 0) is 23.4 Å². The molecule has 0 amide bonds. The zero-order valence-corrected chi connectivity index (χ0v) is 11.1. The van der Waals surface area contributed by atoms with Crippen molar-refractivity contribution < 1.29 is 0 Å². The number of halogens is 1. The summed E-state index contributed by atoms with van der Waals surface area (Å²) < 4.78 is 1.98. The summed E-state index contributed by atoms with van der Waals surface area (Å²) in [6, 6.07) is 15.1. The highest BCUT2D eigenvalue weighted by atomic mass is 35.5. The van der Waals surface area contributed by atoms with Crippen LogP contribution >= 0.6 is 11.6 Å². The maximum atomic E-state index is 11.2. The molecule has 3 nitrogen and oxygen atoms in total. The molecule has 0 fully saturated rings. The van der Waals surface area contributed by atoms with E-state index in [1.54, 1.807) is 0 Å². The second-order valence-electron chi connectivity index (χ2n) is 4.37. The third-order valence-corrected chi connectivity index (χ3v) is 3.54. The van der Waals surface area contributed by atoms with Gasteiger partial charge < -0.3 is 4.57 Å². The molecule has 0 unspecified atom stereocenters. The SMILES string of the molecule is Cn1c(-c2ccc(Cl)cc2)c(N=O)c2ccccc21. The summed E-state index contributed by atoms with van der Waals surface area (Å²) in [4.78, 5) is 11.2. The summed E-state index contributed by atoms with van der Waals surface area (Å²) in [5.74, 6) is 0. The Balaban J connectivity index is 2.37. The summed E-state index contributed by atoms with van der Waals surface area (Å²) in [6.45, 7) is 0. The second kappa shape index (κ2) is 4.52. The highest BCUT2D eigenvalue weighted by Crippen LogP contribution is 2.39. The number of nitrogens with zero attached hydrogens (tertiary/aromatic N) is 2. The number of rotatable bonds is 2. The Kier molecular flexibility index (Phi) is 2.84. The molecule has 0 saturated heterocycles. The Morgan fingerprint density at radius 3 is 2.42 bits per heavy atom. The van der Waals surface area contributed by atoms with Crippen molar-refractivity contribution in [2.24, 2.45) is 12.2 Å². The maximum absolute atomic E-state index is 11.2. The van der Waals surface area contributed by atoms with Crippen molar-refractivity contribution in [1.82, 2.24) is 4.57 Å². The Hall–Kier alpha value is -2.13. The molecule has 0 radical (unpaired) electrons. The molecule has 2 aromatic carbocycles. The highest BCUT2D eigenvalue weighted by molar-refractivity contribution is 6.30. The van der Waals surface area contributed by atoms with Gasteiger partial charge in [0.05, 0.1) is 11.2 Å². The van der Waals surface area contributed by atoms with Gasteiger partial charge in [0.25, 0.3) is 0 Å². The van der Waals surface area contributed by atoms with Gasteiger partial charge in [-0.15, -0.1) is 4.91 Å². The normalized spacial score (nSPS) is 10.8. The number of hydrogen-bond donors (Lipinski definition) is 0. The van der Waals surface area contributed by atoms with Crippen molar-refractivity contribution in [2.75, 3.05) is 0 Å². The first-order chi connectivity index (χ1) is 9.22. The molecule has 3 rings (SSSR count). The zero-order valence-electron chi connectivity index (χ0n) is 10.3. The van der Waals surface area contributed by atoms with Crippen LogP contribution in [0.4, 0.5) is 5.69 Å². The van der Waals surface area contributed by atoms with Gasteiger partial charge in [-0.2, -0.15) is 0 Å². The van der Waals surface area contributed by atoms with E-state index >= 15 is 0 Å². The topological polar surface area (TPSA) is 34.4 Å². The number of hydrogen-bond acceptors (Lipinski definition) is 2. The first kappa shape index (κ1) is 11.9. The van der Waals surface area contributed by atoms with E-state index in [4.69, 9.17) is 11.6 Å². The minimum absolute atomic E-state index is 0.473. The molecule has 1 aromatic heterocycles. The minimum atomic E-state index is 0.473. The van der Waals surface area contributed by atoms with E-state index in [1.165, 1.54) is 0 Å². The van der Waals surface area contributed by atoms with Crippen LogP contribution in [0.2, 0.25) is 5.02 Å². The van der Waals surface area contributed by atoms with Gasteiger partial charge in [0.1, 0.15) is 5.69 Å². The predicted octanol–water partition coefficient (Wildman–Crippen LogP) is 4.90. The number of benzene rings is 2. The smallest absolute Gasteiger partial charge is 0.141 e. The molecule has 0 spiro atoms. The summed E-state index contributed by atoms with van der Waals surface area (Å²) in [7, 11) is 1.93. The van der Waals surface area contributed by atoms with E-state index in [1.807, 2.05) is 60.1 Å². The average molecular weight is 271 g/mol. The molecule has 0 aliphatic carbocycles. The van der Waals surface area contributed by atoms with Gasteiger partial charge in [0, 0.05) is 23.0 Å². The van der Waals surface area contributed by atoms with Crippen LogP contribution < -0.4 is 0 Å². The fraction of sp³-hybridized carbons (Fsp3) is 0.0667. The molecule has 3 aromatic rings. The molecule has 94 valence electrons. The van der Waals surface area contributed by atoms with Crippen molar-refractivity contribution in [2.45, 2.75) is 0 Å². The van der Waals surface area contributed by atoms with Gasteiger partial charge >= 0.3 is 0 Å². The fourth-order valence-electron chi connectivity index (χ4n) is 2.40. The number of aryl methyl sites for hydroxylation is 1. The number of fused-ring (bicyclic) bond motifs is 1. The lowest BCUT2D eigenvalue weighted by atomic mass is 10.1. The molecule has 0 aliphatic rings. The van der Waals surface area contributed by atoms with Crippen molar-refractivity contribution in [3.05, 3.63) is 58.5 Å². The summed E-state index contributed by atoms with van der Waals surface area (Å²) in [6.07, 6.45) is 0. The predicted molar refractivity (Wildman–Crippen MR) is 78.8 cm³/mol. The Labute approximate surface area is 115 Å². The van der Waals surface area contributed by atoms with E-state index in [0.29, 0.717) is 10.7 Å². The Bertz CT molecular complexity index is 760. The quantitative estimate of drug-likeness (QED) is 0.610. The van der Waals surface area contributed by atoms with E-state index in [-0.39, 0.29) is 0 Å². The number of para-hydroxylation sites is 1. The van der Waals surface area contributed by atoms with Crippen LogP contribution in [0.25, 0.3) is 22.2 Å². The molecule has 0 saturated carbocycles. The number of nitroso groups, excluding NO2 is 1. The Morgan fingerprint density at radius 2 is 1.74 bits per heavy atom. The average Bonchev–Trinajstić information content (AvgIpc) is 2.73. The third kappa shape index (κ3) is 1.83. The molecule has 0 aliphatic heterocycles. The highest BCUT2D eigenvalue weighted by Gasteiger charge is 2.16. The van der Waals surface area contributed by atoms with E-state index < -0.39 is 0 Å². The van der Waals surface area contributed by atoms with Crippen molar-refractivity contribution in [3.8, 4) is 11.3 Å². The van der Waals surface area contributed by atoms with Gasteiger partial charge in [-0.3, -0.25) is 0 Å². The summed E-state index contributed by atoms with van der Waals surface area (Å²) >= 11 is 5.90. The van der Waals surface area contributed by atoms with Crippen LogP contribution in [-0.4, -0.2) is 4.57 Å². The zero-order chi connectivity index (χ0) is 13.4. The first-order valence-electron chi connectivity index (χ1n) is 5.89. The van der Waals surface area contributed by atoms with Crippen molar-refractivity contribution in [3.63, 3.8) is 0 Å². The standard InChI is InChI=1S/C15H11ClN2O/c1-18-13-5-3-2-4-12(13)14(17-19)15(18)10-6-8-11(16)9-7-10/h2-9H,1H3. The van der Waals surface area contributed by atoms with Gasteiger partial charge in [0.15, 0.2) is 0 Å². The van der Waals surface area contributed by atoms with Crippen molar-refractivity contribution in [1.29, 1.82) is 0 Å². The largest absolute Gasteiger partial charge is 0.342 e. The molecule has 19 heavy (non-hydrogen) atoms. The van der Waals surface area contributed by atoms with Crippen LogP contribution in [0.1, 0.15) is 0 Å². The second-order valence-corrected chi connectivity index (χ2v) is 4.81. The van der Waals surface area contributed by atoms with Crippen LogP contribution in [0.3, 0.4) is 0 Å². The molecule has 4 heteroatoms. The molecule has 0 bridgehead atoms. The third-order valence-electron chi connectivity index (χ3n) is 3.29. The van der Waals surface area contributed by atoms with Gasteiger partial charge in [-0.1, -0.05) is 41.9 Å². The van der Waals surface area contributed by atoms with Gasteiger partial charge in [-0.25, -0.2) is 0 Å². The lowest BCUT2D eigenvalue weighted by Gasteiger charge is -2.05. The van der Waals surface area contributed by atoms with Crippen LogP contribution in [-0.2, 0) is 7.05 Å². The molecule has 0 N–H and O–H groups in total. The summed E-state index contributed by atoms with van der Waals surface area (Å²) in [5.41, 5.74) is 3.20. The van der Waals surface area contributed by atoms with E-state index in [0.717, 1.165) is 22.2 Å². The lowest BCUT2D eigenvalue weighted by Crippen LogP contribution is -1.90. The molecular weight excluding hydrogens is 260 g/mol. The first-order valence-corrected chi connectivity index (χ1v) is 6.27. The summed E-state index contributed by atoms with van der Waals surface area (Å²) in [5, 5.41) is 4.75. The van der Waals surface area contributed by atoms with E-state index in [9.17, 15) is 4.91 Å². The molecular formula is C15H11ClN2O. The number of aromatic nitrogens is 1. The van der Waals surface area contributed by atoms with Gasteiger partial charge in [0.2, 0.25) is 0 Å². The molecule has 1 heterocycles. The maximum Gasteiger partial charge on any atom is 0.141 e. The Morgan fingerprint density at radius 1 is 1.05 bits per heavy atom. The van der Waals surface area contributed by atoms with Crippen LogP contribution in [0, 0.1) is 4.91 Å². The monoisotopic (exact) mass is 270 g/mol. The van der Waals surface area contributed by atoms with Crippen LogP contribution in [0.5, 0.6) is 0 Å². The molecule has 0 atom stereocenters.